The van der Waals surface area contributed by atoms with Gasteiger partial charge in [0.15, 0.2) is 0 Å². The van der Waals surface area contributed by atoms with Crippen LogP contribution in [0.4, 0.5) is 4.79 Å². The van der Waals surface area contributed by atoms with Crippen LogP contribution >= 0.6 is 11.8 Å². The molecule has 3 amide bonds. The van der Waals surface area contributed by atoms with Crippen molar-refractivity contribution in [1.82, 2.24) is 15.5 Å². The van der Waals surface area contributed by atoms with Gasteiger partial charge in [0.1, 0.15) is 17.7 Å². The van der Waals surface area contributed by atoms with Crippen molar-refractivity contribution in [2.75, 3.05) is 12.0 Å². The molecule has 0 radical (unpaired) electrons. The number of nitrogens with one attached hydrogen (secondary N) is 2. The first-order valence-electron chi connectivity index (χ1n) is 14.9. The molecule has 3 atom stereocenters. The van der Waals surface area contributed by atoms with E-state index >= 15 is 0 Å². The number of carbonyl (C=O) groups excluding carboxylic acids is 3. The number of ether oxygens (including phenoxy) is 1. The molecular formula is C34H51N3O4S. The molecule has 2 aromatic rings. The average Bonchev–Trinajstić information content (AvgIpc) is 2.91. The van der Waals surface area contributed by atoms with Crippen LogP contribution in [0.2, 0.25) is 0 Å². The first kappa shape index (κ1) is 35.2. The zero-order chi connectivity index (χ0) is 31.4. The second kappa shape index (κ2) is 16.6. The number of thioether (sulfide) groups is 1. The van der Waals surface area contributed by atoms with Crippen LogP contribution in [0.25, 0.3) is 0 Å². The molecule has 7 nitrogen and oxygen atoms in total. The van der Waals surface area contributed by atoms with Crippen LogP contribution < -0.4 is 10.6 Å². The van der Waals surface area contributed by atoms with Gasteiger partial charge in [0.05, 0.1) is 0 Å². The van der Waals surface area contributed by atoms with E-state index in [-0.39, 0.29) is 17.9 Å². The van der Waals surface area contributed by atoms with Gasteiger partial charge in [0.25, 0.3) is 0 Å². The molecule has 0 bridgehead atoms. The molecule has 0 heterocycles. The maximum Gasteiger partial charge on any atom is 0.408 e. The molecule has 0 aliphatic rings. The van der Waals surface area contributed by atoms with E-state index in [1.807, 2.05) is 75.6 Å². The molecule has 232 valence electrons. The Morgan fingerprint density at radius 1 is 0.952 bits per heavy atom. The van der Waals surface area contributed by atoms with Crippen molar-refractivity contribution < 1.29 is 19.1 Å². The van der Waals surface area contributed by atoms with E-state index in [9.17, 15) is 14.4 Å². The lowest BCUT2D eigenvalue weighted by Gasteiger charge is -2.39. The van der Waals surface area contributed by atoms with Gasteiger partial charge in [0, 0.05) is 12.6 Å². The Balaban J connectivity index is 2.59. The predicted molar refractivity (Wildman–Crippen MR) is 173 cm³/mol. The molecule has 0 saturated heterocycles. The smallest absolute Gasteiger partial charge is 0.408 e. The number of rotatable bonds is 14. The minimum absolute atomic E-state index is 0.253. The minimum atomic E-state index is -0.874. The molecule has 0 aromatic heterocycles. The fraction of sp³-hybridized carbons (Fsp3) is 0.559. The molecule has 42 heavy (non-hydrogen) atoms. The molecule has 3 unspecified atom stereocenters. The molecule has 0 aliphatic carbocycles. The molecular weight excluding hydrogens is 546 g/mol. The summed E-state index contributed by atoms with van der Waals surface area (Å²) < 4.78 is 5.52. The van der Waals surface area contributed by atoms with Crippen LogP contribution in [-0.2, 0) is 20.9 Å². The summed E-state index contributed by atoms with van der Waals surface area (Å²) in [5.74, 6) is 0.556. The molecule has 2 aromatic carbocycles. The summed E-state index contributed by atoms with van der Waals surface area (Å²) in [6.07, 6.45) is 3.35. The normalized spacial score (nSPS) is 13.7. The maximum atomic E-state index is 14.6. The monoisotopic (exact) mass is 597 g/mol. The van der Waals surface area contributed by atoms with Gasteiger partial charge in [-0.15, -0.1) is 0 Å². The highest BCUT2D eigenvalue weighted by molar-refractivity contribution is 7.98. The summed E-state index contributed by atoms with van der Waals surface area (Å²) in [6, 6.07) is 13.7. The van der Waals surface area contributed by atoms with Crippen LogP contribution in [0, 0.1) is 19.8 Å². The Labute approximate surface area is 257 Å². The topological polar surface area (TPSA) is 87.7 Å². The predicted octanol–water partition coefficient (Wildman–Crippen LogP) is 6.96. The zero-order valence-corrected chi connectivity index (χ0v) is 27.8. The Kier molecular flexibility index (Phi) is 13.9. The van der Waals surface area contributed by atoms with Crippen molar-refractivity contribution in [2.45, 2.75) is 105 Å². The molecule has 8 heteroatoms. The van der Waals surface area contributed by atoms with Gasteiger partial charge < -0.3 is 20.3 Å². The standard InChI is InChI=1S/C34H51N3O4S/c1-23(2)15-17-26(5)37(32(39)29(19-20-42-9)36-33(40)41-34(6,7)8)30(28-18-16-24(3)21-25(28)4)31(38)35-22-27-13-11-10-12-14-27/h10-14,16,18,21,23,26,29-30H,15,17,19-20,22H2,1-9H3,(H,35,38)(H,36,40). The Hall–Kier alpha value is -3.00. The Morgan fingerprint density at radius 3 is 2.19 bits per heavy atom. The van der Waals surface area contributed by atoms with Crippen LogP contribution in [0.15, 0.2) is 48.5 Å². The SMILES string of the molecule is CSCCC(NC(=O)OC(C)(C)C)C(=O)N(C(C)CCC(C)C)C(C(=O)NCc1ccccc1)c1ccc(C)cc1C. The van der Waals surface area contributed by atoms with Crippen LogP contribution in [0.5, 0.6) is 0 Å². The highest BCUT2D eigenvalue weighted by atomic mass is 32.2. The van der Waals surface area contributed by atoms with Crippen molar-refractivity contribution >= 4 is 29.7 Å². The number of alkyl carbamates (subject to hydrolysis) is 1. The van der Waals surface area contributed by atoms with Crippen molar-refractivity contribution in [3.05, 3.63) is 70.8 Å². The second-order valence-electron chi connectivity index (χ2n) is 12.5. The summed E-state index contributed by atoms with van der Waals surface area (Å²) in [6.45, 7) is 16.0. The molecule has 0 fully saturated rings. The summed E-state index contributed by atoms with van der Waals surface area (Å²) >= 11 is 1.60. The second-order valence-corrected chi connectivity index (χ2v) is 13.5. The summed E-state index contributed by atoms with van der Waals surface area (Å²) in [4.78, 5) is 43.3. The lowest BCUT2D eigenvalue weighted by Crippen LogP contribution is -2.55. The summed E-state index contributed by atoms with van der Waals surface area (Å²) in [7, 11) is 0. The fourth-order valence-electron chi connectivity index (χ4n) is 4.87. The molecule has 2 rings (SSSR count). The summed E-state index contributed by atoms with van der Waals surface area (Å²) in [5, 5.41) is 5.94. The minimum Gasteiger partial charge on any atom is -0.444 e. The lowest BCUT2D eigenvalue weighted by molar-refractivity contribution is -0.145. The quantitative estimate of drug-likeness (QED) is 0.246. The van der Waals surface area contributed by atoms with Gasteiger partial charge in [-0.1, -0.05) is 67.9 Å². The summed E-state index contributed by atoms with van der Waals surface area (Å²) in [5.41, 5.74) is 3.05. The largest absolute Gasteiger partial charge is 0.444 e. The molecule has 2 N–H and O–H groups in total. The Morgan fingerprint density at radius 2 is 1.62 bits per heavy atom. The van der Waals surface area contributed by atoms with Gasteiger partial charge in [-0.2, -0.15) is 11.8 Å². The van der Waals surface area contributed by atoms with Crippen molar-refractivity contribution in [3.8, 4) is 0 Å². The third-order valence-electron chi connectivity index (χ3n) is 7.05. The number of nitrogens with zero attached hydrogens (tertiary/aromatic N) is 1. The third kappa shape index (κ3) is 11.3. The highest BCUT2D eigenvalue weighted by Crippen LogP contribution is 2.30. The third-order valence-corrected chi connectivity index (χ3v) is 7.69. The van der Waals surface area contributed by atoms with E-state index in [2.05, 4.69) is 24.5 Å². The van der Waals surface area contributed by atoms with Gasteiger partial charge in [0.2, 0.25) is 11.8 Å². The zero-order valence-electron chi connectivity index (χ0n) is 27.0. The number of amides is 3. The van der Waals surface area contributed by atoms with Gasteiger partial charge in [-0.25, -0.2) is 4.79 Å². The molecule has 0 spiro atoms. The van der Waals surface area contributed by atoms with Crippen molar-refractivity contribution in [1.29, 1.82) is 0 Å². The van der Waals surface area contributed by atoms with Crippen molar-refractivity contribution in [2.24, 2.45) is 5.92 Å². The first-order chi connectivity index (χ1) is 19.7. The number of hydrogen-bond acceptors (Lipinski definition) is 5. The van der Waals surface area contributed by atoms with E-state index in [4.69, 9.17) is 4.74 Å². The average molecular weight is 598 g/mol. The van der Waals surface area contributed by atoms with Crippen molar-refractivity contribution in [3.63, 3.8) is 0 Å². The van der Waals surface area contributed by atoms with Crippen LogP contribution in [0.1, 0.15) is 89.1 Å². The highest BCUT2D eigenvalue weighted by Gasteiger charge is 2.39. The first-order valence-corrected chi connectivity index (χ1v) is 16.3. The maximum absolute atomic E-state index is 14.6. The van der Waals surface area contributed by atoms with Gasteiger partial charge in [-0.3, -0.25) is 9.59 Å². The van der Waals surface area contributed by atoms with E-state index < -0.39 is 23.8 Å². The number of aryl methyl sites for hydroxylation is 2. The van der Waals surface area contributed by atoms with E-state index in [1.54, 1.807) is 37.4 Å². The molecule has 0 aliphatic heterocycles. The fourth-order valence-corrected chi connectivity index (χ4v) is 5.34. The van der Waals surface area contributed by atoms with Crippen LogP contribution in [0.3, 0.4) is 0 Å². The van der Waals surface area contributed by atoms with E-state index in [0.717, 1.165) is 35.1 Å². The lowest BCUT2D eigenvalue weighted by atomic mass is 9.93. The van der Waals surface area contributed by atoms with Gasteiger partial charge >= 0.3 is 6.09 Å². The van der Waals surface area contributed by atoms with Crippen LogP contribution in [-0.4, -0.2) is 52.5 Å². The number of carbonyl (C=O) groups is 3. The Bertz CT molecular complexity index is 1160. The number of hydrogen-bond donors (Lipinski definition) is 2. The van der Waals surface area contributed by atoms with Gasteiger partial charge in [-0.05, 0) is 95.4 Å². The van der Waals surface area contributed by atoms with E-state index in [1.165, 1.54) is 0 Å². The number of benzene rings is 2. The molecule has 0 saturated carbocycles. The van der Waals surface area contributed by atoms with E-state index in [0.29, 0.717) is 24.6 Å².